The molecule has 1 aromatic heterocycles. The average Bonchev–Trinajstić information content (AvgIpc) is 2.63. The van der Waals surface area contributed by atoms with E-state index in [-0.39, 0.29) is 11.9 Å². The maximum Gasteiger partial charge on any atom is 0.274 e. The first kappa shape index (κ1) is 15.7. The van der Waals surface area contributed by atoms with Gasteiger partial charge in [0.15, 0.2) is 0 Å². The molecule has 2 N–H and O–H groups in total. The molecule has 0 bridgehead atoms. The van der Waals surface area contributed by atoms with Crippen molar-refractivity contribution in [2.75, 3.05) is 10.6 Å². The van der Waals surface area contributed by atoms with Crippen molar-refractivity contribution in [1.29, 1.82) is 0 Å². The Balaban J connectivity index is 1.71. The number of carbonyl (C=O) groups is 1. The summed E-state index contributed by atoms with van der Waals surface area (Å²) >= 11 is 0. The number of anilines is 2. The van der Waals surface area contributed by atoms with Gasteiger partial charge < -0.3 is 10.6 Å². The molecule has 1 heterocycles. The second-order valence-electron chi connectivity index (χ2n) is 5.36. The smallest absolute Gasteiger partial charge is 0.274 e. The third-order valence-corrected chi connectivity index (χ3v) is 3.57. The highest BCUT2D eigenvalue weighted by Crippen LogP contribution is 2.16. The number of nitrogens with zero attached hydrogens (tertiary/aromatic N) is 2. The number of nitrogens with one attached hydrogen (secondary N) is 2. The third kappa shape index (κ3) is 3.95. The van der Waals surface area contributed by atoms with Crippen LogP contribution in [0, 0.1) is 0 Å². The molecule has 0 aliphatic rings. The van der Waals surface area contributed by atoms with E-state index >= 15 is 0 Å². The number of hydrogen-bond donors (Lipinski definition) is 2. The van der Waals surface area contributed by atoms with Crippen LogP contribution < -0.4 is 10.6 Å². The minimum Gasteiger partial charge on any atom is -0.348 e. The zero-order valence-electron chi connectivity index (χ0n) is 13.3. The van der Waals surface area contributed by atoms with E-state index in [2.05, 4.69) is 20.6 Å². The van der Waals surface area contributed by atoms with Crippen LogP contribution in [0.3, 0.4) is 0 Å². The highest BCUT2D eigenvalue weighted by atomic mass is 16.1. The number of carbonyl (C=O) groups excluding carboxylic acids is 1. The SMILES string of the molecule is CC(Nc1nccc(C(=O)Nc2ccccc2)n1)c1ccccc1. The van der Waals surface area contributed by atoms with Crippen molar-refractivity contribution in [2.45, 2.75) is 13.0 Å². The summed E-state index contributed by atoms with van der Waals surface area (Å²) in [5.74, 6) is 0.158. The first-order valence-electron chi connectivity index (χ1n) is 7.73. The van der Waals surface area contributed by atoms with Gasteiger partial charge in [0.25, 0.3) is 5.91 Å². The summed E-state index contributed by atoms with van der Waals surface area (Å²) < 4.78 is 0. The molecule has 0 radical (unpaired) electrons. The number of hydrogen-bond acceptors (Lipinski definition) is 4. The van der Waals surface area contributed by atoms with Crippen molar-refractivity contribution < 1.29 is 4.79 Å². The van der Waals surface area contributed by atoms with E-state index in [1.54, 1.807) is 12.3 Å². The van der Waals surface area contributed by atoms with Gasteiger partial charge in [-0.2, -0.15) is 0 Å². The maximum atomic E-state index is 12.3. The topological polar surface area (TPSA) is 66.9 Å². The molecule has 120 valence electrons. The first-order valence-corrected chi connectivity index (χ1v) is 7.73. The van der Waals surface area contributed by atoms with Crippen LogP contribution in [-0.2, 0) is 0 Å². The van der Waals surface area contributed by atoms with E-state index in [1.165, 1.54) is 0 Å². The van der Waals surface area contributed by atoms with Gasteiger partial charge in [0.1, 0.15) is 5.69 Å². The summed E-state index contributed by atoms with van der Waals surface area (Å²) in [5, 5.41) is 6.03. The van der Waals surface area contributed by atoms with Crippen LogP contribution >= 0.6 is 0 Å². The minimum atomic E-state index is -0.265. The van der Waals surface area contributed by atoms with Crippen LogP contribution in [0.5, 0.6) is 0 Å². The number of benzene rings is 2. The molecule has 0 aliphatic heterocycles. The van der Waals surface area contributed by atoms with E-state index in [0.717, 1.165) is 11.3 Å². The summed E-state index contributed by atoms with van der Waals surface area (Å²) in [6, 6.07) is 20.9. The summed E-state index contributed by atoms with van der Waals surface area (Å²) in [6.45, 7) is 2.02. The lowest BCUT2D eigenvalue weighted by Crippen LogP contribution is -2.16. The van der Waals surface area contributed by atoms with E-state index in [9.17, 15) is 4.79 Å². The van der Waals surface area contributed by atoms with Crippen LogP contribution in [0.25, 0.3) is 0 Å². The van der Waals surface area contributed by atoms with Crippen molar-refractivity contribution in [3.05, 3.63) is 84.2 Å². The summed E-state index contributed by atoms with van der Waals surface area (Å²) in [6.07, 6.45) is 1.58. The molecule has 0 spiro atoms. The standard InChI is InChI=1S/C19H18N4O/c1-14(15-8-4-2-5-9-15)21-19-20-13-12-17(23-19)18(24)22-16-10-6-3-7-11-16/h2-14H,1H3,(H,22,24)(H,20,21,23). The van der Waals surface area contributed by atoms with Gasteiger partial charge in [-0.15, -0.1) is 0 Å². The first-order chi connectivity index (χ1) is 11.7. The van der Waals surface area contributed by atoms with Crippen LogP contribution in [0.2, 0.25) is 0 Å². The Morgan fingerprint density at radius 2 is 1.62 bits per heavy atom. The van der Waals surface area contributed by atoms with E-state index < -0.39 is 0 Å². The predicted octanol–water partition coefficient (Wildman–Crippen LogP) is 3.90. The fraction of sp³-hybridized carbons (Fsp3) is 0.105. The van der Waals surface area contributed by atoms with Crippen molar-refractivity contribution in [3.8, 4) is 0 Å². The lowest BCUT2D eigenvalue weighted by molar-refractivity contribution is 0.102. The molecule has 1 unspecified atom stereocenters. The van der Waals surface area contributed by atoms with Gasteiger partial charge in [0.2, 0.25) is 5.95 Å². The molecule has 2 aromatic carbocycles. The van der Waals surface area contributed by atoms with Crippen LogP contribution in [0.1, 0.15) is 29.0 Å². The number of aromatic nitrogens is 2. The maximum absolute atomic E-state index is 12.3. The molecule has 24 heavy (non-hydrogen) atoms. The third-order valence-electron chi connectivity index (χ3n) is 3.57. The Kier molecular flexibility index (Phi) is 4.81. The Bertz CT molecular complexity index is 806. The summed E-state index contributed by atoms with van der Waals surface area (Å²) in [5.41, 5.74) is 2.17. The monoisotopic (exact) mass is 318 g/mol. The Morgan fingerprint density at radius 3 is 2.33 bits per heavy atom. The van der Waals surface area contributed by atoms with Crippen molar-refractivity contribution >= 4 is 17.5 Å². The molecule has 0 fully saturated rings. The number of para-hydroxylation sites is 1. The molecular weight excluding hydrogens is 300 g/mol. The zero-order valence-corrected chi connectivity index (χ0v) is 13.3. The second-order valence-corrected chi connectivity index (χ2v) is 5.36. The normalized spacial score (nSPS) is 11.5. The molecule has 1 amide bonds. The Labute approximate surface area is 140 Å². The molecule has 1 atom stereocenters. The van der Waals surface area contributed by atoms with E-state index in [0.29, 0.717) is 11.6 Å². The van der Waals surface area contributed by atoms with Crippen LogP contribution in [-0.4, -0.2) is 15.9 Å². The molecule has 0 aliphatic carbocycles. The van der Waals surface area contributed by atoms with Gasteiger partial charge in [-0.25, -0.2) is 9.97 Å². The lowest BCUT2D eigenvalue weighted by Gasteiger charge is -2.14. The molecule has 5 heteroatoms. The van der Waals surface area contributed by atoms with Gasteiger partial charge in [-0.3, -0.25) is 4.79 Å². The van der Waals surface area contributed by atoms with Crippen molar-refractivity contribution in [2.24, 2.45) is 0 Å². The van der Waals surface area contributed by atoms with Gasteiger partial charge in [-0.05, 0) is 30.7 Å². The second kappa shape index (κ2) is 7.37. The highest BCUT2D eigenvalue weighted by Gasteiger charge is 2.11. The van der Waals surface area contributed by atoms with Crippen LogP contribution in [0.15, 0.2) is 72.9 Å². The van der Waals surface area contributed by atoms with Gasteiger partial charge >= 0.3 is 0 Å². The predicted molar refractivity (Wildman–Crippen MR) is 94.9 cm³/mol. The largest absolute Gasteiger partial charge is 0.348 e. The zero-order chi connectivity index (χ0) is 16.8. The quantitative estimate of drug-likeness (QED) is 0.748. The highest BCUT2D eigenvalue weighted by molar-refractivity contribution is 6.02. The van der Waals surface area contributed by atoms with Crippen LogP contribution in [0.4, 0.5) is 11.6 Å². The minimum absolute atomic E-state index is 0.0404. The number of rotatable bonds is 5. The van der Waals surface area contributed by atoms with Gasteiger partial charge in [-0.1, -0.05) is 48.5 Å². The lowest BCUT2D eigenvalue weighted by atomic mass is 10.1. The molecular formula is C19H18N4O. The Morgan fingerprint density at radius 1 is 0.958 bits per heavy atom. The van der Waals surface area contributed by atoms with Crippen molar-refractivity contribution in [3.63, 3.8) is 0 Å². The molecule has 0 saturated carbocycles. The number of amides is 1. The van der Waals surface area contributed by atoms with E-state index in [1.807, 2.05) is 67.6 Å². The Hall–Kier alpha value is -3.21. The van der Waals surface area contributed by atoms with Crippen molar-refractivity contribution in [1.82, 2.24) is 9.97 Å². The summed E-state index contributed by atoms with van der Waals surface area (Å²) in [4.78, 5) is 20.8. The van der Waals surface area contributed by atoms with Gasteiger partial charge in [0, 0.05) is 11.9 Å². The molecule has 5 nitrogen and oxygen atoms in total. The van der Waals surface area contributed by atoms with Gasteiger partial charge in [0.05, 0.1) is 6.04 Å². The average molecular weight is 318 g/mol. The summed E-state index contributed by atoms with van der Waals surface area (Å²) in [7, 11) is 0. The molecule has 3 aromatic rings. The molecule has 3 rings (SSSR count). The fourth-order valence-corrected chi connectivity index (χ4v) is 2.29. The molecule has 0 saturated heterocycles. The fourth-order valence-electron chi connectivity index (χ4n) is 2.29. The van der Waals surface area contributed by atoms with E-state index in [4.69, 9.17) is 0 Å².